The van der Waals surface area contributed by atoms with Crippen molar-refractivity contribution in [2.24, 2.45) is 16.3 Å². The van der Waals surface area contributed by atoms with Crippen LogP contribution in [0.1, 0.15) is 52.9 Å². The molecule has 2 saturated heterocycles. The van der Waals surface area contributed by atoms with Gasteiger partial charge in [-0.3, -0.25) is 9.89 Å². The van der Waals surface area contributed by atoms with E-state index in [9.17, 15) is 5.11 Å². The van der Waals surface area contributed by atoms with Gasteiger partial charge in [0.2, 0.25) is 0 Å². The highest BCUT2D eigenvalue weighted by molar-refractivity contribution is 14.0. The number of likely N-dealkylation sites (tertiary alicyclic amines) is 1. The van der Waals surface area contributed by atoms with Crippen LogP contribution >= 0.6 is 24.0 Å². The van der Waals surface area contributed by atoms with Gasteiger partial charge in [-0.15, -0.1) is 24.0 Å². The van der Waals surface area contributed by atoms with E-state index >= 15 is 0 Å². The lowest BCUT2D eigenvalue weighted by Gasteiger charge is -2.30. The molecule has 27 heavy (non-hydrogen) atoms. The van der Waals surface area contributed by atoms with Crippen LogP contribution in [-0.4, -0.2) is 74.6 Å². The molecule has 0 saturated carbocycles. The van der Waals surface area contributed by atoms with Crippen LogP contribution in [0.25, 0.3) is 0 Å². The molecule has 0 radical (unpaired) electrons. The number of nitrogens with one attached hydrogen (secondary N) is 2. The van der Waals surface area contributed by atoms with E-state index in [1.54, 1.807) is 0 Å². The molecule has 2 fully saturated rings. The number of guanidine groups is 1. The molecule has 0 aliphatic carbocycles. The maximum atomic E-state index is 9.40. The van der Waals surface area contributed by atoms with Crippen LogP contribution in [0.15, 0.2) is 4.99 Å². The van der Waals surface area contributed by atoms with E-state index in [2.05, 4.69) is 36.3 Å². The summed E-state index contributed by atoms with van der Waals surface area (Å²) < 4.78 is 5.59. The van der Waals surface area contributed by atoms with Crippen molar-refractivity contribution in [2.45, 2.75) is 58.9 Å². The predicted octanol–water partition coefficient (Wildman–Crippen LogP) is 2.46. The molecule has 0 bridgehead atoms. The minimum Gasteiger partial charge on any atom is -0.396 e. The third-order valence-corrected chi connectivity index (χ3v) is 5.65. The first kappa shape index (κ1) is 24.9. The Morgan fingerprint density at radius 1 is 1.26 bits per heavy atom. The SMILES string of the molecule is CCNC(=NCC1(CCO)CCOC1)NCC(CC(C)C)N1CCCC1.I. The highest BCUT2D eigenvalue weighted by Crippen LogP contribution is 2.32. The monoisotopic (exact) mass is 496 g/mol. The summed E-state index contributed by atoms with van der Waals surface area (Å²) in [4.78, 5) is 7.48. The molecule has 0 spiro atoms. The quantitative estimate of drug-likeness (QED) is 0.246. The summed E-state index contributed by atoms with van der Waals surface area (Å²) in [5, 5.41) is 16.4. The van der Waals surface area contributed by atoms with E-state index in [-0.39, 0.29) is 36.0 Å². The van der Waals surface area contributed by atoms with Crippen LogP contribution in [0, 0.1) is 11.3 Å². The molecule has 2 aliphatic heterocycles. The van der Waals surface area contributed by atoms with Crippen LogP contribution in [0.2, 0.25) is 0 Å². The number of ether oxygens (including phenoxy) is 1. The summed E-state index contributed by atoms with van der Waals surface area (Å²) in [5.74, 6) is 1.59. The predicted molar refractivity (Wildman–Crippen MR) is 123 cm³/mol. The first-order valence-electron chi connectivity index (χ1n) is 10.5. The van der Waals surface area contributed by atoms with Gasteiger partial charge in [0, 0.05) is 37.8 Å². The van der Waals surface area contributed by atoms with E-state index in [0.717, 1.165) is 38.5 Å². The molecule has 0 aromatic carbocycles. The average Bonchev–Trinajstić information content (AvgIpc) is 3.28. The lowest BCUT2D eigenvalue weighted by atomic mass is 9.84. The standard InChI is InChI=1S/C20H40N4O2.HI/c1-4-21-19(23-15-20(7-11-25)8-12-26-16-20)22-14-18(13-17(2)3)24-9-5-6-10-24;/h17-18,25H,4-16H2,1-3H3,(H2,21,22,23);1H. The first-order valence-corrected chi connectivity index (χ1v) is 10.5. The largest absolute Gasteiger partial charge is 0.396 e. The van der Waals surface area contributed by atoms with Gasteiger partial charge in [-0.05, 0) is 58.0 Å². The van der Waals surface area contributed by atoms with Crippen LogP contribution in [-0.2, 0) is 4.74 Å². The van der Waals surface area contributed by atoms with Crippen LogP contribution in [0.4, 0.5) is 0 Å². The number of hydrogen-bond acceptors (Lipinski definition) is 4. The summed E-state index contributed by atoms with van der Waals surface area (Å²) in [6.07, 6.45) is 5.62. The van der Waals surface area contributed by atoms with Gasteiger partial charge in [0.25, 0.3) is 0 Å². The number of halogens is 1. The fourth-order valence-electron chi connectivity index (χ4n) is 4.10. The summed E-state index contributed by atoms with van der Waals surface area (Å²) >= 11 is 0. The van der Waals surface area contributed by atoms with E-state index < -0.39 is 0 Å². The molecule has 2 aliphatic rings. The number of nitrogens with zero attached hydrogens (tertiary/aromatic N) is 2. The Balaban J connectivity index is 0.00000364. The Kier molecular flexibility index (Phi) is 12.2. The zero-order valence-corrected chi connectivity index (χ0v) is 19.8. The van der Waals surface area contributed by atoms with Crippen molar-refractivity contribution in [3.8, 4) is 0 Å². The Morgan fingerprint density at radius 2 is 2.00 bits per heavy atom. The molecule has 0 aromatic heterocycles. The highest BCUT2D eigenvalue weighted by atomic mass is 127. The molecule has 6 nitrogen and oxygen atoms in total. The summed E-state index contributed by atoms with van der Waals surface area (Å²) in [6, 6.07) is 0.572. The molecule has 7 heteroatoms. The minimum absolute atomic E-state index is 0. The van der Waals surface area contributed by atoms with Gasteiger partial charge in [0.1, 0.15) is 0 Å². The molecule has 0 aromatic rings. The fourth-order valence-corrected chi connectivity index (χ4v) is 4.10. The Bertz CT molecular complexity index is 422. The average molecular weight is 496 g/mol. The molecular formula is C20H41IN4O2. The molecule has 3 N–H and O–H groups in total. The van der Waals surface area contributed by atoms with Gasteiger partial charge < -0.3 is 20.5 Å². The van der Waals surface area contributed by atoms with Gasteiger partial charge >= 0.3 is 0 Å². The van der Waals surface area contributed by atoms with Crippen molar-refractivity contribution in [1.82, 2.24) is 15.5 Å². The normalized spacial score (nSPS) is 24.9. The maximum Gasteiger partial charge on any atom is 0.191 e. The highest BCUT2D eigenvalue weighted by Gasteiger charge is 2.34. The lowest BCUT2D eigenvalue weighted by Crippen LogP contribution is -2.47. The molecule has 2 heterocycles. The number of aliphatic hydroxyl groups is 1. The van der Waals surface area contributed by atoms with E-state index in [4.69, 9.17) is 9.73 Å². The smallest absolute Gasteiger partial charge is 0.191 e. The second kappa shape index (κ2) is 13.2. The second-order valence-corrected chi connectivity index (χ2v) is 8.38. The molecule has 2 rings (SSSR count). The minimum atomic E-state index is 0. The molecular weight excluding hydrogens is 455 g/mol. The Hall–Kier alpha value is -0.120. The third-order valence-electron chi connectivity index (χ3n) is 5.65. The van der Waals surface area contributed by atoms with Gasteiger partial charge in [-0.2, -0.15) is 0 Å². The van der Waals surface area contributed by atoms with Crippen LogP contribution < -0.4 is 10.6 Å². The van der Waals surface area contributed by atoms with Crippen LogP contribution in [0.5, 0.6) is 0 Å². The number of rotatable bonds is 10. The zero-order valence-electron chi connectivity index (χ0n) is 17.5. The zero-order chi connectivity index (χ0) is 18.8. The third kappa shape index (κ3) is 8.41. The lowest BCUT2D eigenvalue weighted by molar-refractivity contribution is 0.131. The second-order valence-electron chi connectivity index (χ2n) is 8.38. The molecule has 2 unspecified atom stereocenters. The number of hydrogen-bond donors (Lipinski definition) is 3. The summed E-state index contributed by atoms with van der Waals surface area (Å²) in [5.41, 5.74) is 0.00336. The number of aliphatic hydroxyl groups excluding tert-OH is 1. The van der Waals surface area contributed by atoms with Crippen molar-refractivity contribution in [2.75, 3.05) is 52.5 Å². The van der Waals surface area contributed by atoms with Crippen molar-refractivity contribution < 1.29 is 9.84 Å². The van der Waals surface area contributed by atoms with Crippen molar-refractivity contribution in [3.05, 3.63) is 0 Å². The van der Waals surface area contributed by atoms with Gasteiger partial charge in [0.15, 0.2) is 5.96 Å². The Labute approximate surface area is 182 Å². The molecule has 2 atom stereocenters. The number of aliphatic imine (C=N–C) groups is 1. The summed E-state index contributed by atoms with van der Waals surface area (Å²) in [6.45, 7) is 13.4. The Morgan fingerprint density at radius 3 is 2.56 bits per heavy atom. The van der Waals surface area contributed by atoms with Crippen molar-refractivity contribution in [1.29, 1.82) is 0 Å². The van der Waals surface area contributed by atoms with E-state index in [1.165, 1.54) is 32.4 Å². The van der Waals surface area contributed by atoms with Crippen molar-refractivity contribution in [3.63, 3.8) is 0 Å². The van der Waals surface area contributed by atoms with Gasteiger partial charge in [0.05, 0.1) is 13.2 Å². The first-order chi connectivity index (χ1) is 12.6. The van der Waals surface area contributed by atoms with E-state index in [0.29, 0.717) is 25.1 Å². The maximum absolute atomic E-state index is 9.40. The topological polar surface area (TPSA) is 69.1 Å². The summed E-state index contributed by atoms with van der Waals surface area (Å²) in [7, 11) is 0. The van der Waals surface area contributed by atoms with Gasteiger partial charge in [-0.1, -0.05) is 13.8 Å². The van der Waals surface area contributed by atoms with Crippen molar-refractivity contribution >= 4 is 29.9 Å². The van der Waals surface area contributed by atoms with Gasteiger partial charge in [-0.25, -0.2) is 0 Å². The molecule has 160 valence electrons. The molecule has 0 amide bonds. The van der Waals surface area contributed by atoms with Crippen LogP contribution in [0.3, 0.4) is 0 Å². The van der Waals surface area contributed by atoms with E-state index in [1.807, 2.05) is 0 Å². The fraction of sp³-hybridized carbons (Fsp3) is 0.950.